The monoisotopic (exact) mass is 182 g/mol. The average Bonchev–Trinajstić information content (AvgIpc) is 2.69. The molecule has 2 nitrogen and oxygen atoms in total. The minimum atomic E-state index is 0.572. The van der Waals surface area contributed by atoms with Crippen LogP contribution < -0.4 is 10.6 Å². The van der Waals surface area contributed by atoms with E-state index in [1.807, 2.05) is 0 Å². The van der Waals surface area contributed by atoms with Crippen molar-refractivity contribution >= 4 is 0 Å². The molecule has 76 valence electrons. The van der Waals surface area contributed by atoms with Crippen LogP contribution in [0, 0.1) is 11.3 Å². The van der Waals surface area contributed by atoms with Crippen LogP contribution in [-0.4, -0.2) is 25.7 Å². The van der Waals surface area contributed by atoms with Gasteiger partial charge in [-0.05, 0) is 37.1 Å². The van der Waals surface area contributed by atoms with Gasteiger partial charge in [-0.1, -0.05) is 13.8 Å². The van der Waals surface area contributed by atoms with Gasteiger partial charge in [-0.2, -0.15) is 0 Å². The molecule has 0 aromatic heterocycles. The number of rotatable bonds is 4. The maximum atomic E-state index is 3.70. The van der Waals surface area contributed by atoms with Crippen molar-refractivity contribution in [2.75, 3.05) is 19.6 Å². The van der Waals surface area contributed by atoms with Crippen LogP contribution in [0.15, 0.2) is 0 Å². The second-order valence-corrected chi connectivity index (χ2v) is 4.98. The van der Waals surface area contributed by atoms with E-state index in [2.05, 4.69) is 24.5 Å². The molecule has 0 radical (unpaired) electrons. The maximum absolute atomic E-state index is 3.70. The quantitative estimate of drug-likeness (QED) is 0.686. The van der Waals surface area contributed by atoms with E-state index < -0.39 is 0 Å². The lowest BCUT2D eigenvalue weighted by Gasteiger charge is -2.27. The number of hydrogen-bond donors (Lipinski definition) is 2. The Kier molecular flexibility index (Phi) is 2.61. The van der Waals surface area contributed by atoms with E-state index in [0.29, 0.717) is 5.41 Å². The lowest BCUT2D eigenvalue weighted by molar-refractivity contribution is 0.289. The molecule has 1 saturated carbocycles. The second kappa shape index (κ2) is 3.58. The summed E-state index contributed by atoms with van der Waals surface area (Å²) in [5.41, 5.74) is 0.572. The van der Waals surface area contributed by atoms with Crippen LogP contribution in [0.3, 0.4) is 0 Å². The van der Waals surface area contributed by atoms with Crippen molar-refractivity contribution in [3.63, 3.8) is 0 Å². The first-order valence-corrected chi connectivity index (χ1v) is 5.70. The summed E-state index contributed by atoms with van der Waals surface area (Å²) < 4.78 is 0. The van der Waals surface area contributed by atoms with Gasteiger partial charge in [0.2, 0.25) is 0 Å². The van der Waals surface area contributed by atoms with E-state index in [1.165, 1.54) is 38.9 Å². The summed E-state index contributed by atoms with van der Waals surface area (Å²) >= 11 is 0. The van der Waals surface area contributed by atoms with E-state index >= 15 is 0 Å². The zero-order chi connectivity index (χ0) is 9.31. The molecular weight excluding hydrogens is 160 g/mol. The van der Waals surface area contributed by atoms with Crippen LogP contribution in [0.4, 0.5) is 0 Å². The van der Waals surface area contributed by atoms with E-state index in [0.717, 1.165) is 12.0 Å². The Morgan fingerprint density at radius 1 is 1.54 bits per heavy atom. The van der Waals surface area contributed by atoms with Crippen molar-refractivity contribution in [1.82, 2.24) is 10.6 Å². The molecule has 2 rings (SSSR count). The molecule has 3 unspecified atom stereocenters. The lowest BCUT2D eigenvalue weighted by atomic mass is 9.84. The maximum Gasteiger partial charge on any atom is 0.00966 e. The van der Waals surface area contributed by atoms with E-state index in [1.54, 1.807) is 0 Å². The Morgan fingerprint density at radius 2 is 2.31 bits per heavy atom. The van der Waals surface area contributed by atoms with Gasteiger partial charge in [0.15, 0.2) is 0 Å². The van der Waals surface area contributed by atoms with Gasteiger partial charge in [0, 0.05) is 19.1 Å². The third-order valence-electron chi connectivity index (χ3n) is 3.93. The Bertz CT molecular complexity index is 173. The molecule has 2 N–H and O–H groups in total. The van der Waals surface area contributed by atoms with Crippen molar-refractivity contribution in [3.05, 3.63) is 0 Å². The zero-order valence-corrected chi connectivity index (χ0v) is 8.90. The van der Waals surface area contributed by atoms with Crippen molar-refractivity contribution < 1.29 is 0 Å². The van der Waals surface area contributed by atoms with Gasteiger partial charge < -0.3 is 10.6 Å². The van der Waals surface area contributed by atoms with Crippen molar-refractivity contribution in [3.8, 4) is 0 Å². The van der Waals surface area contributed by atoms with Gasteiger partial charge in [0.05, 0.1) is 0 Å². The van der Waals surface area contributed by atoms with Gasteiger partial charge in [-0.15, -0.1) is 0 Å². The first kappa shape index (κ1) is 9.47. The number of nitrogens with one attached hydrogen (secondary N) is 2. The van der Waals surface area contributed by atoms with Crippen molar-refractivity contribution in [2.45, 2.75) is 39.2 Å². The van der Waals surface area contributed by atoms with E-state index in [4.69, 9.17) is 0 Å². The molecule has 0 bridgehead atoms. The number of hydrogen-bond acceptors (Lipinski definition) is 2. The molecule has 1 aliphatic carbocycles. The third kappa shape index (κ3) is 2.05. The SMILES string of the molecule is CCC1(CNC2CC2C)CCNC1. The fourth-order valence-electron chi connectivity index (χ4n) is 2.33. The summed E-state index contributed by atoms with van der Waals surface area (Å²) in [6.07, 6.45) is 4.07. The molecule has 2 heteroatoms. The Labute approximate surface area is 81.5 Å². The average molecular weight is 182 g/mol. The molecular formula is C11H22N2. The Hall–Kier alpha value is -0.0800. The van der Waals surface area contributed by atoms with Crippen LogP contribution in [0.1, 0.15) is 33.1 Å². The Balaban J connectivity index is 1.77. The summed E-state index contributed by atoms with van der Waals surface area (Å²) in [4.78, 5) is 0. The smallest absolute Gasteiger partial charge is 0.00966 e. The highest BCUT2D eigenvalue weighted by molar-refractivity contribution is 4.94. The molecule has 0 aromatic rings. The summed E-state index contributed by atoms with van der Waals surface area (Å²) in [6, 6.07) is 0.837. The predicted octanol–water partition coefficient (Wildman–Crippen LogP) is 1.37. The van der Waals surface area contributed by atoms with Crippen molar-refractivity contribution in [2.24, 2.45) is 11.3 Å². The minimum absolute atomic E-state index is 0.572. The molecule has 1 saturated heterocycles. The molecule has 0 spiro atoms. The van der Waals surface area contributed by atoms with Crippen LogP contribution >= 0.6 is 0 Å². The zero-order valence-electron chi connectivity index (χ0n) is 8.90. The first-order chi connectivity index (χ1) is 6.26. The molecule has 1 aliphatic heterocycles. The molecule has 3 atom stereocenters. The van der Waals surface area contributed by atoms with Gasteiger partial charge >= 0.3 is 0 Å². The minimum Gasteiger partial charge on any atom is -0.316 e. The Morgan fingerprint density at radius 3 is 2.77 bits per heavy atom. The van der Waals surface area contributed by atoms with Gasteiger partial charge in [-0.25, -0.2) is 0 Å². The lowest BCUT2D eigenvalue weighted by Crippen LogP contribution is -2.37. The normalized spacial score (nSPS) is 43.8. The highest BCUT2D eigenvalue weighted by atomic mass is 15.0. The van der Waals surface area contributed by atoms with Crippen LogP contribution in [0.2, 0.25) is 0 Å². The standard InChI is InChI=1S/C11H22N2/c1-3-11(4-5-12-7-11)8-13-10-6-9(10)2/h9-10,12-13H,3-8H2,1-2H3. The fraction of sp³-hybridized carbons (Fsp3) is 1.00. The largest absolute Gasteiger partial charge is 0.316 e. The summed E-state index contributed by atoms with van der Waals surface area (Å²) in [6.45, 7) is 8.33. The predicted molar refractivity (Wildman–Crippen MR) is 55.8 cm³/mol. The van der Waals surface area contributed by atoms with Gasteiger partial charge in [0.25, 0.3) is 0 Å². The molecule has 0 amide bonds. The molecule has 2 fully saturated rings. The second-order valence-electron chi connectivity index (χ2n) is 4.98. The van der Waals surface area contributed by atoms with Gasteiger partial charge in [0.1, 0.15) is 0 Å². The van der Waals surface area contributed by atoms with E-state index in [-0.39, 0.29) is 0 Å². The molecule has 2 aliphatic rings. The van der Waals surface area contributed by atoms with Crippen molar-refractivity contribution in [1.29, 1.82) is 0 Å². The highest BCUT2D eigenvalue weighted by Gasteiger charge is 2.37. The van der Waals surface area contributed by atoms with Gasteiger partial charge in [-0.3, -0.25) is 0 Å². The highest BCUT2D eigenvalue weighted by Crippen LogP contribution is 2.33. The molecule has 0 aromatic carbocycles. The summed E-state index contributed by atoms with van der Waals surface area (Å²) in [7, 11) is 0. The molecule has 13 heavy (non-hydrogen) atoms. The summed E-state index contributed by atoms with van der Waals surface area (Å²) in [5, 5.41) is 7.18. The summed E-state index contributed by atoms with van der Waals surface area (Å²) in [5.74, 6) is 0.934. The molecule has 1 heterocycles. The van der Waals surface area contributed by atoms with Crippen LogP contribution in [0.25, 0.3) is 0 Å². The third-order valence-corrected chi connectivity index (χ3v) is 3.93. The van der Waals surface area contributed by atoms with Crippen LogP contribution in [-0.2, 0) is 0 Å². The van der Waals surface area contributed by atoms with E-state index in [9.17, 15) is 0 Å². The van der Waals surface area contributed by atoms with Crippen LogP contribution in [0.5, 0.6) is 0 Å². The topological polar surface area (TPSA) is 24.1 Å². The first-order valence-electron chi connectivity index (χ1n) is 5.70. The fourth-order valence-corrected chi connectivity index (χ4v) is 2.33.